The van der Waals surface area contributed by atoms with E-state index in [2.05, 4.69) is 29.2 Å². The summed E-state index contributed by atoms with van der Waals surface area (Å²) in [6, 6.07) is 0. The number of hydrogen-bond acceptors (Lipinski definition) is 6. The van der Waals surface area contributed by atoms with Crippen LogP contribution in [0.2, 0.25) is 0 Å². The lowest BCUT2D eigenvalue weighted by Crippen LogP contribution is -1.99. The molecule has 0 rings (SSSR count). The van der Waals surface area contributed by atoms with E-state index in [4.69, 9.17) is 10.2 Å². The number of carboxylic acid groups (broad SMARTS) is 1. The molecule has 0 unspecified atom stereocenters. The van der Waals surface area contributed by atoms with Gasteiger partial charge in [0.05, 0.1) is 7.11 Å². The second kappa shape index (κ2) is 15.6. The minimum absolute atomic E-state index is 0.347. The average Bonchev–Trinajstić information content (AvgIpc) is 2.39. The number of aliphatic hydroxyl groups is 1. The highest BCUT2D eigenvalue weighted by Gasteiger charge is 1.95. The lowest BCUT2D eigenvalue weighted by molar-refractivity contribution is -0.145. The van der Waals surface area contributed by atoms with E-state index in [1.54, 1.807) is 6.92 Å². The molecule has 0 amide bonds. The van der Waals surface area contributed by atoms with Crippen molar-refractivity contribution in [1.29, 1.82) is 0 Å². The van der Waals surface area contributed by atoms with Gasteiger partial charge in [0.25, 0.3) is 0 Å². The fourth-order valence-corrected chi connectivity index (χ4v) is 0.297. The summed E-state index contributed by atoms with van der Waals surface area (Å²) in [5, 5.41) is 15.5. The Labute approximate surface area is 111 Å². The van der Waals surface area contributed by atoms with E-state index in [1.807, 2.05) is 0 Å². The summed E-state index contributed by atoms with van der Waals surface area (Å²) in [7, 11) is 1.33. The highest BCUT2D eigenvalue weighted by Crippen LogP contribution is 1.87. The molecule has 19 heavy (non-hydrogen) atoms. The molecule has 0 aromatic carbocycles. The van der Waals surface area contributed by atoms with E-state index in [9.17, 15) is 14.4 Å². The molecule has 2 N–H and O–H groups in total. The van der Waals surface area contributed by atoms with Crippen molar-refractivity contribution >= 4 is 17.9 Å². The summed E-state index contributed by atoms with van der Waals surface area (Å²) in [5.74, 6) is -1.94. The number of methoxy groups -OCH3 is 1. The van der Waals surface area contributed by atoms with E-state index >= 15 is 0 Å². The maximum absolute atomic E-state index is 10.2. The standard InChI is InChI=1S/C5H8O2.C4H6O3.C3H4O2/c1-4(2)5(6)7-3;1-2-4(6)7-3-5;1-2-3(4)5/h1H2,2-3H3;2,5H,1,3H2;2H,1H2,(H,4,5). The molecule has 0 bridgehead atoms. The van der Waals surface area contributed by atoms with E-state index in [1.165, 1.54) is 7.11 Å². The van der Waals surface area contributed by atoms with Crippen molar-refractivity contribution in [2.24, 2.45) is 0 Å². The number of hydrogen-bond donors (Lipinski definition) is 2. The smallest absolute Gasteiger partial charge is 0.332 e. The summed E-state index contributed by atoms with van der Waals surface area (Å²) in [5.41, 5.74) is 0.433. The Balaban J connectivity index is -0.000000206. The van der Waals surface area contributed by atoms with Crippen LogP contribution in [0.1, 0.15) is 6.92 Å². The van der Waals surface area contributed by atoms with Gasteiger partial charge in [0.2, 0.25) is 0 Å². The Morgan fingerprint density at radius 2 is 1.63 bits per heavy atom. The van der Waals surface area contributed by atoms with E-state index < -0.39 is 18.7 Å². The molecule has 7 nitrogen and oxygen atoms in total. The van der Waals surface area contributed by atoms with Gasteiger partial charge in [0.15, 0.2) is 6.79 Å². The monoisotopic (exact) mass is 274 g/mol. The summed E-state index contributed by atoms with van der Waals surface area (Å²) < 4.78 is 8.26. The molecule has 0 aliphatic rings. The molecule has 0 saturated heterocycles. The Bertz CT molecular complexity index is 329. The van der Waals surface area contributed by atoms with Gasteiger partial charge in [-0.05, 0) is 6.92 Å². The minimum Gasteiger partial charge on any atom is -0.478 e. The summed E-state index contributed by atoms with van der Waals surface area (Å²) in [4.78, 5) is 29.4. The Morgan fingerprint density at radius 3 is 1.68 bits per heavy atom. The third kappa shape index (κ3) is 25.7. The topological polar surface area (TPSA) is 110 Å². The second-order valence-corrected chi connectivity index (χ2v) is 2.61. The molecule has 0 spiro atoms. The van der Waals surface area contributed by atoms with Crippen LogP contribution in [0.15, 0.2) is 37.5 Å². The molecule has 0 atom stereocenters. The van der Waals surface area contributed by atoms with Crippen LogP contribution < -0.4 is 0 Å². The zero-order valence-electron chi connectivity index (χ0n) is 10.9. The molecule has 7 heteroatoms. The zero-order valence-corrected chi connectivity index (χ0v) is 10.9. The van der Waals surface area contributed by atoms with Gasteiger partial charge < -0.3 is 19.7 Å². The van der Waals surface area contributed by atoms with Crippen LogP contribution in [0.25, 0.3) is 0 Å². The van der Waals surface area contributed by atoms with Gasteiger partial charge in [0.1, 0.15) is 0 Å². The first kappa shape index (κ1) is 21.8. The van der Waals surface area contributed by atoms with Crippen LogP contribution in [-0.4, -0.2) is 42.0 Å². The third-order valence-electron chi connectivity index (χ3n) is 1.08. The fourth-order valence-electron chi connectivity index (χ4n) is 0.297. The predicted octanol–water partition coefficient (Wildman–Crippen LogP) is 0.658. The number of aliphatic carboxylic acids is 1. The molecule has 0 fully saturated rings. The molecule has 0 radical (unpaired) electrons. The van der Waals surface area contributed by atoms with Crippen LogP contribution in [0.3, 0.4) is 0 Å². The summed E-state index contributed by atoms with van der Waals surface area (Å²) in [6.45, 7) is 10.4. The Kier molecular flexibility index (Phi) is 17.9. The van der Waals surface area contributed by atoms with Gasteiger partial charge in [0, 0.05) is 17.7 Å². The first-order valence-corrected chi connectivity index (χ1v) is 4.75. The average molecular weight is 274 g/mol. The van der Waals surface area contributed by atoms with Crippen LogP contribution in [0.4, 0.5) is 0 Å². The van der Waals surface area contributed by atoms with Crippen molar-refractivity contribution in [1.82, 2.24) is 0 Å². The molecule has 0 aromatic rings. The maximum Gasteiger partial charge on any atom is 0.332 e. The third-order valence-corrected chi connectivity index (χ3v) is 1.08. The van der Waals surface area contributed by atoms with E-state index in [0.29, 0.717) is 5.57 Å². The first-order chi connectivity index (χ1) is 8.76. The summed E-state index contributed by atoms with van der Waals surface area (Å²) in [6.07, 6.45) is 1.82. The molecule has 108 valence electrons. The Morgan fingerprint density at radius 1 is 1.21 bits per heavy atom. The van der Waals surface area contributed by atoms with E-state index in [-0.39, 0.29) is 5.97 Å². The van der Waals surface area contributed by atoms with Crippen molar-refractivity contribution in [2.75, 3.05) is 13.9 Å². The van der Waals surface area contributed by atoms with Crippen molar-refractivity contribution in [2.45, 2.75) is 6.92 Å². The van der Waals surface area contributed by atoms with Crippen LogP contribution >= 0.6 is 0 Å². The fraction of sp³-hybridized carbons (Fsp3) is 0.250. The molecule has 0 saturated carbocycles. The first-order valence-electron chi connectivity index (χ1n) is 4.75. The van der Waals surface area contributed by atoms with Gasteiger partial charge >= 0.3 is 17.9 Å². The van der Waals surface area contributed by atoms with Crippen LogP contribution in [-0.2, 0) is 23.9 Å². The molecule has 0 aromatic heterocycles. The van der Waals surface area contributed by atoms with Crippen LogP contribution in [0.5, 0.6) is 0 Å². The van der Waals surface area contributed by atoms with Crippen molar-refractivity contribution < 1.29 is 34.1 Å². The number of rotatable bonds is 4. The van der Waals surface area contributed by atoms with Gasteiger partial charge in [-0.1, -0.05) is 19.7 Å². The van der Waals surface area contributed by atoms with E-state index in [0.717, 1.165) is 12.2 Å². The zero-order chi connectivity index (χ0) is 15.8. The molecule has 0 aliphatic heterocycles. The lowest BCUT2D eigenvalue weighted by atomic mass is 10.4. The SMILES string of the molecule is C=C(C)C(=O)OC.C=CC(=O)O.C=CC(=O)OCO. The maximum atomic E-state index is 10.2. The number of carboxylic acids is 1. The second-order valence-electron chi connectivity index (χ2n) is 2.61. The summed E-state index contributed by atoms with van der Waals surface area (Å²) >= 11 is 0. The van der Waals surface area contributed by atoms with Gasteiger partial charge in [-0.3, -0.25) is 0 Å². The quantitative estimate of drug-likeness (QED) is 0.440. The number of carbonyl (C=O) groups excluding carboxylic acids is 2. The van der Waals surface area contributed by atoms with Crippen molar-refractivity contribution in [3.05, 3.63) is 37.5 Å². The number of aliphatic hydroxyl groups excluding tert-OH is 1. The number of esters is 2. The molecule has 0 aliphatic carbocycles. The van der Waals surface area contributed by atoms with Crippen molar-refractivity contribution in [3.63, 3.8) is 0 Å². The number of carbonyl (C=O) groups is 3. The van der Waals surface area contributed by atoms with Crippen molar-refractivity contribution in [3.8, 4) is 0 Å². The largest absolute Gasteiger partial charge is 0.478 e. The highest BCUT2D eigenvalue weighted by molar-refractivity contribution is 5.86. The molecule has 0 heterocycles. The number of ether oxygens (including phenoxy) is 2. The minimum atomic E-state index is -0.981. The van der Waals surface area contributed by atoms with Gasteiger partial charge in [-0.25, -0.2) is 14.4 Å². The normalized spacial score (nSPS) is 7.32. The highest BCUT2D eigenvalue weighted by atomic mass is 16.6. The Hall–Kier alpha value is -2.41. The van der Waals surface area contributed by atoms with Gasteiger partial charge in [-0.2, -0.15) is 0 Å². The lowest BCUT2D eigenvalue weighted by Gasteiger charge is -1.91. The van der Waals surface area contributed by atoms with Crippen LogP contribution in [0, 0.1) is 0 Å². The molecular formula is C12H18O7. The van der Waals surface area contributed by atoms with Gasteiger partial charge in [-0.15, -0.1) is 0 Å². The predicted molar refractivity (Wildman–Crippen MR) is 68.0 cm³/mol. The molecular weight excluding hydrogens is 256 g/mol.